The van der Waals surface area contributed by atoms with Gasteiger partial charge in [-0.15, -0.1) is 12.3 Å². The Hall–Kier alpha value is -1.22. The van der Waals surface area contributed by atoms with Crippen molar-refractivity contribution in [2.75, 3.05) is 12.3 Å². The fraction of sp³-hybridized carbons (Fsp3) is 0.333. The van der Waals surface area contributed by atoms with Gasteiger partial charge in [0.25, 0.3) is 0 Å². The Bertz CT molecular complexity index is 576. The summed E-state index contributed by atoms with van der Waals surface area (Å²) in [5, 5.41) is 0.158. The van der Waals surface area contributed by atoms with Gasteiger partial charge in [-0.2, -0.15) is 0 Å². The number of unbranched alkanes of at least 4 members (excludes halogenated alkanes) is 1. The van der Waals surface area contributed by atoms with Gasteiger partial charge in [-0.1, -0.05) is 11.6 Å². The third-order valence-corrected chi connectivity index (χ3v) is 4.33. The zero-order valence-electron chi connectivity index (χ0n) is 10.0. The second-order valence-corrected chi connectivity index (χ2v) is 5.99. The smallest absolute Gasteiger partial charge is 0.242 e. The molecule has 18 heavy (non-hydrogen) atoms. The van der Waals surface area contributed by atoms with E-state index in [1.165, 1.54) is 12.1 Å². The van der Waals surface area contributed by atoms with Crippen molar-refractivity contribution in [3.63, 3.8) is 0 Å². The molecule has 0 bridgehead atoms. The van der Waals surface area contributed by atoms with Gasteiger partial charge in [0.05, 0.1) is 5.02 Å². The molecule has 0 fully saturated rings. The lowest BCUT2D eigenvalue weighted by Gasteiger charge is -2.10. The van der Waals surface area contributed by atoms with Crippen LogP contribution < -0.4 is 10.5 Å². The van der Waals surface area contributed by atoms with Crippen LogP contribution in [0.4, 0.5) is 5.69 Å². The summed E-state index contributed by atoms with van der Waals surface area (Å²) in [7, 11) is -3.64. The molecule has 0 spiro atoms. The Labute approximate surface area is 113 Å². The molecule has 0 unspecified atom stereocenters. The molecule has 6 heteroatoms. The van der Waals surface area contributed by atoms with Crippen LogP contribution in [-0.2, 0) is 10.0 Å². The van der Waals surface area contributed by atoms with Crippen LogP contribution in [0.25, 0.3) is 0 Å². The maximum atomic E-state index is 12.0. The number of hydrogen-bond donors (Lipinski definition) is 2. The second-order valence-electron chi connectivity index (χ2n) is 3.84. The van der Waals surface area contributed by atoms with Crippen LogP contribution in [-0.4, -0.2) is 15.0 Å². The Morgan fingerprint density at radius 3 is 2.78 bits per heavy atom. The van der Waals surface area contributed by atoms with E-state index in [0.717, 1.165) is 5.56 Å². The van der Waals surface area contributed by atoms with E-state index in [-0.39, 0.29) is 16.5 Å². The lowest BCUT2D eigenvalue weighted by Crippen LogP contribution is -2.25. The molecule has 0 aliphatic rings. The van der Waals surface area contributed by atoms with Gasteiger partial charge in [-0.3, -0.25) is 0 Å². The fourth-order valence-electron chi connectivity index (χ4n) is 1.35. The first-order valence-corrected chi connectivity index (χ1v) is 7.23. The minimum atomic E-state index is -3.64. The molecule has 1 aromatic carbocycles. The summed E-state index contributed by atoms with van der Waals surface area (Å²) in [6, 6.07) is 2.90. The molecule has 0 aliphatic carbocycles. The van der Waals surface area contributed by atoms with Crippen LogP contribution in [0.15, 0.2) is 17.0 Å². The molecule has 0 saturated heterocycles. The minimum Gasteiger partial charge on any atom is -0.398 e. The average Bonchev–Trinajstić information content (AvgIpc) is 2.29. The van der Waals surface area contributed by atoms with Crippen molar-refractivity contribution >= 4 is 27.3 Å². The van der Waals surface area contributed by atoms with Crippen molar-refractivity contribution < 1.29 is 8.42 Å². The fourth-order valence-corrected chi connectivity index (χ4v) is 3.04. The summed E-state index contributed by atoms with van der Waals surface area (Å²) in [6.45, 7) is 2.04. The quantitative estimate of drug-likeness (QED) is 0.493. The van der Waals surface area contributed by atoms with Gasteiger partial charge in [0.15, 0.2) is 0 Å². The third-order valence-electron chi connectivity index (χ3n) is 2.40. The number of aryl methyl sites for hydroxylation is 1. The molecule has 4 nitrogen and oxygen atoms in total. The molecule has 1 rings (SSSR count). The molecule has 0 radical (unpaired) electrons. The number of nitrogens with one attached hydrogen (secondary N) is 1. The highest BCUT2D eigenvalue weighted by atomic mass is 35.5. The Morgan fingerprint density at radius 2 is 2.17 bits per heavy atom. The van der Waals surface area contributed by atoms with Gasteiger partial charge >= 0.3 is 0 Å². The molecule has 0 aliphatic heterocycles. The Balaban J connectivity index is 2.92. The second kappa shape index (κ2) is 6.10. The Morgan fingerprint density at radius 1 is 1.50 bits per heavy atom. The highest BCUT2D eigenvalue weighted by Crippen LogP contribution is 2.26. The first-order chi connectivity index (χ1) is 8.38. The van der Waals surface area contributed by atoms with Crippen LogP contribution >= 0.6 is 11.6 Å². The van der Waals surface area contributed by atoms with Gasteiger partial charge < -0.3 is 5.73 Å². The molecule has 0 heterocycles. The average molecular weight is 287 g/mol. The predicted molar refractivity (Wildman–Crippen MR) is 73.9 cm³/mol. The molecular formula is C12H15ClN2O2S. The summed E-state index contributed by atoms with van der Waals surface area (Å²) in [5.41, 5.74) is 6.82. The number of nitrogen functional groups attached to an aromatic ring is 1. The van der Waals surface area contributed by atoms with Crippen molar-refractivity contribution in [2.45, 2.75) is 24.7 Å². The van der Waals surface area contributed by atoms with Gasteiger partial charge in [-0.25, -0.2) is 13.1 Å². The van der Waals surface area contributed by atoms with Crippen LogP contribution in [0.3, 0.4) is 0 Å². The number of benzene rings is 1. The molecule has 98 valence electrons. The van der Waals surface area contributed by atoms with Crippen LogP contribution in [0.5, 0.6) is 0 Å². The molecule has 1 aromatic rings. The number of hydrogen-bond acceptors (Lipinski definition) is 3. The van der Waals surface area contributed by atoms with E-state index in [4.69, 9.17) is 23.8 Å². The van der Waals surface area contributed by atoms with Crippen LogP contribution in [0.1, 0.15) is 18.4 Å². The molecule has 3 N–H and O–H groups in total. The van der Waals surface area contributed by atoms with Gasteiger partial charge in [0.1, 0.15) is 4.90 Å². The van der Waals surface area contributed by atoms with E-state index in [1.807, 2.05) is 0 Å². The maximum Gasteiger partial charge on any atom is 0.242 e. The highest BCUT2D eigenvalue weighted by molar-refractivity contribution is 7.89. The standard InChI is InChI=1S/C12H15ClN2O2S/c1-3-4-5-6-15-18(16,17)12-8-11(14)9(2)7-10(12)13/h1,7-8,15H,4-6,14H2,2H3. The first kappa shape index (κ1) is 14.8. The van der Waals surface area contributed by atoms with E-state index < -0.39 is 10.0 Å². The predicted octanol–water partition coefficient (Wildman–Crippen LogP) is 1.92. The maximum absolute atomic E-state index is 12.0. The van der Waals surface area contributed by atoms with Crippen LogP contribution in [0.2, 0.25) is 5.02 Å². The SMILES string of the molecule is C#CCCCNS(=O)(=O)c1cc(N)c(C)cc1Cl. The lowest BCUT2D eigenvalue weighted by molar-refractivity contribution is 0.580. The molecule has 0 amide bonds. The van der Waals surface area contributed by atoms with Crippen molar-refractivity contribution in [1.82, 2.24) is 4.72 Å². The summed E-state index contributed by atoms with van der Waals surface area (Å²) in [4.78, 5) is -0.00651. The summed E-state index contributed by atoms with van der Waals surface area (Å²) in [6.07, 6.45) is 6.18. The number of anilines is 1. The van der Waals surface area contributed by atoms with E-state index in [2.05, 4.69) is 10.6 Å². The summed E-state index contributed by atoms with van der Waals surface area (Å²) >= 11 is 5.92. The minimum absolute atomic E-state index is 0.00651. The number of sulfonamides is 1. The Kier molecular flexibility index (Phi) is 5.03. The van der Waals surface area contributed by atoms with E-state index in [9.17, 15) is 8.42 Å². The molecule has 0 saturated carbocycles. The van der Waals surface area contributed by atoms with E-state index in [1.54, 1.807) is 6.92 Å². The number of halogens is 1. The van der Waals surface area contributed by atoms with Gasteiger partial charge in [0.2, 0.25) is 10.0 Å². The first-order valence-electron chi connectivity index (χ1n) is 5.37. The molecule has 0 atom stereocenters. The topological polar surface area (TPSA) is 72.2 Å². The summed E-state index contributed by atoms with van der Waals surface area (Å²) in [5.74, 6) is 2.44. The van der Waals surface area contributed by atoms with E-state index in [0.29, 0.717) is 18.5 Å². The van der Waals surface area contributed by atoms with Crippen LogP contribution in [0, 0.1) is 19.3 Å². The summed E-state index contributed by atoms with van der Waals surface area (Å²) < 4.78 is 26.4. The lowest BCUT2D eigenvalue weighted by atomic mass is 10.2. The monoisotopic (exact) mass is 286 g/mol. The molecule has 0 aromatic heterocycles. The van der Waals surface area contributed by atoms with Gasteiger partial charge in [-0.05, 0) is 31.0 Å². The third kappa shape index (κ3) is 3.64. The van der Waals surface area contributed by atoms with Crippen molar-refractivity contribution in [2.24, 2.45) is 0 Å². The van der Waals surface area contributed by atoms with Crippen molar-refractivity contribution in [3.8, 4) is 12.3 Å². The number of nitrogens with two attached hydrogens (primary N) is 1. The van der Waals surface area contributed by atoms with Gasteiger partial charge in [0, 0.05) is 18.7 Å². The molecular weight excluding hydrogens is 272 g/mol. The normalized spacial score (nSPS) is 11.2. The highest BCUT2D eigenvalue weighted by Gasteiger charge is 2.18. The number of terminal acetylenes is 1. The largest absolute Gasteiger partial charge is 0.398 e. The van der Waals surface area contributed by atoms with Crippen molar-refractivity contribution in [1.29, 1.82) is 0 Å². The van der Waals surface area contributed by atoms with Crippen molar-refractivity contribution in [3.05, 3.63) is 22.7 Å². The van der Waals surface area contributed by atoms with E-state index >= 15 is 0 Å². The number of rotatable bonds is 5. The zero-order valence-corrected chi connectivity index (χ0v) is 11.6. The zero-order chi connectivity index (χ0) is 13.8.